The van der Waals surface area contributed by atoms with Crippen molar-refractivity contribution in [2.45, 2.75) is 0 Å². The molecule has 0 atom stereocenters. The minimum absolute atomic E-state index is 0. The van der Waals surface area contributed by atoms with Crippen LogP contribution in [0.25, 0.3) is 11.3 Å². The topological polar surface area (TPSA) is 138 Å². The monoisotopic (exact) mass is 524 g/mol. The molecule has 9 nitrogen and oxygen atoms in total. The van der Waals surface area contributed by atoms with Crippen molar-refractivity contribution in [3.63, 3.8) is 0 Å². The molecule has 0 spiro atoms. The Balaban J connectivity index is 0.00000380. The summed E-state index contributed by atoms with van der Waals surface area (Å²) in [5, 5.41) is 16.2. The van der Waals surface area contributed by atoms with E-state index in [0.717, 1.165) is 11.3 Å². The number of amides is 2. The van der Waals surface area contributed by atoms with Gasteiger partial charge in [-0.2, -0.15) is 0 Å². The van der Waals surface area contributed by atoms with Gasteiger partial charge in [-0.3, -0.25) is 14.5 Å². The number of rotatable bonds is 8. The van der Waals surface area contributed by atoms with E-state index in [1.54, 1.807) is 36.4 Å². The smallest absolute Gasteiger partial charge is 0.545 e. The van der Waals surface area contributed by atoms with Crippen LogP contribution in [0.15, 0.2) is 78.2 Å². The third-order valence-corrected chi connectivity index (χ3v) is 5.96. The first-order valence-corrected chi connectivity index (χ1v) is 11.6. The number of thiazole rings is 1. The second kappa shape index (κ2) is 12.5. The summed E-state index contributed by atoms with van der Waals surface area (Å²) < 4.78 is 5.18. The molecule has 4 rings (SSSR count). The molecule has 11 heteroatoms. The number of nitrogen functional groups attached to an aromatic ring is 1. The minimum atomic E-state index is -1.34. The fraction of sp³-hybridized carbons (Fsp3) is 0.0769. The largest absolute Gasteiger partial charge is 1.00 e. The summed E-state index contributed by atoms with van der Waals surface area (Å²) in [6.45, 7) is -0.280. The average Bonchev–Trinajstić information content (AvgIpc) is 3.33. The van der Waals surface area contributed by atoms with E-state index < -0.39 is 17.8 Å². The maximum atomic E-state index is 13.3. The number of nitrogens with zero attached hydrogens (tertiary/aromatic N) is 2. The van der Waals surface area contributed by atoms with Crippen molar-refractivity contribution in [2.75, 3.05) is 29.6 Å². The zero-order valence-electron chi connectivity index (χ0n) is 20.1. The maximum Gasteiger partial charge on any atom is 1.00 e. The molecular weight excluding hydrogens is 503 g/mol. The van der Waals surface area contributed by atoms with Gasteiger partial charge < -0.3 is 25.7 Å². The Morgan fingerprint density at radius 3 is 2.14 bits per heavy atom. The molecule has 0 radical (unpaired) electrons. The van der Waals surface area contributed by atoms with E-state index in [0.29, 0.717) is 22.3 Å². The van der Waals surface area contributed by atoms with Gasteiger partial charge in [-0.1, -0.05) is 24.3 Å². The predicted octanol–water partition coefficient (Wildman–Crippen LogP) is 0.0539. The number of benzene rings is 3. The Morgan fingerprint density at radius 1 is 0.973 bits per heavy atom. The molecule has 0 aliphatic carbocycles. The number of carboxylic acid groups (broad SMARTS) is 1. The van der Waals surface area contributed by atoms with E-state index in [-0.39, 0.29) is 47.2 Å². The van der Waals surface area contributed by atoms with Gasteiger partial charge in [0, 0.05) is 27.9 Å². The number of ether oxygens (including phenoxy) is 1. The molecule has 0 fully saturated rings. The van der Waals surface area contributed by atoms with Crippen molar-refractivity contribution < 1.29 is 53.8 Å². The molecule has 3 aromatic carbocycles. The third-order valence-electron chi connectivity index (χ3n) is 5.28. The zero-order chi connectivity index (χ0) is 25.7. The standard InChI is InChI=1S/C26H22N4O5S.Na/c1-35-21-12-10-20(11-13-21)30(24(32)17-2-4-18(5-3-17)25(33)34)14-23(31)28-19-8-6-16(7-9-19)22-15-36-26(27)29-22;/h2-13,15H,14H2,1H3,(H2,27,29)(H,28,31)(H,33,34);/q;+1/p-1. The van der Waals surface area contributed by atoms with Crippen molar-refractivity contribution >= 4 is 45.6 Å². The second-order valence-electron chi connectivity index (χ2n) is 7.65. The fourth-order valence-corrected chi connectivity index (χ4v) is 4.01. The van der Waals surface area contributed by atoms with Crippen LogP contribution in [-0.2, 0) is 4.79 Å². The number of nitrogens with one attached hydrogen (secondary N) is 1. The summed E-state index contributed by atoms with van der Waals surface area (Å²) in [5.74, 6) is -1.65. The number of aromatic carboxylic acids is 1. The Bertz CT molecular complexity index is 1390. The first-order chi connectivity index (χ1) is 17.3. The van der Waals surface area contributed by atoms with Crippen LogP contribution in [-0.4, -0.2) is 36.4 Å². The normalized spacial score (nSPS) is 10.2. The number of nitrogens with two attached hydrogens (primary N) is 1. The van der Waals surface area contributed by atoms with Crippen LogP contribution in [0.5, 0.6) is 5.75 Å². The number of methoxy groups -OCH3 is 1. The number of carbonyl (C=O) groups is 3. The van der Waals surface area contributed by atoms with Crippen LogP contribution in [0, 0.1) is 0 Å². The van der Waals surface area contributed by atoms with Gasteiger partial charge >= 0.3 is 29.6 Å². The zero-order valence-corrected chi connectivity index (χ0v) is 23.0. The van der Waals surface area contributed by atoms with E-state index in [1.807, 2.05) is 17.5 Å². The van der Waals surface area contributed by atoms with Crippen molar-refractivity contribution in [3.8, 4) is 17.0 Å². The van der Waals surface area contributed by atoms with Crippen LogP contribution in [0.4, 0.5) is 16.5 Å². The summed E-state index contributed by atoms with van der Waals surface area (Å²) >= 11 is 1.34. The van der Waals surface area contributed by atoms with E-state index in [2.05, 4.69) is 10.3 Å². The molecule has 37 heavy (non-hydrogen) atoms. The fourth-order valence-electron chi connectivity index (χ4n) is 3.44. The van der Waals surface area contributed by atoms with E-state index in [1.165, 1.54) is 47.6 Å². The molecule has 0 saturated carbocycles. The van der Waals surface area contributed by atoms with Crippen LogP contribution in [0.3, 0.4) is 0 Å². The molecule has 1 heterocycles. The maximum absolute atomic E-state index is 13.3. The molecule has 1 aromatic heterocycles. The summed E-state index contributed by atoms with van der Waals surface area (Å²) in [6, 6.07) is 19.1. The molecule has 0 aliphatic heterocycles. The van der Waals surface area contributed by atoms with Gasteiger partial charge in [-0.15, -0.1) is 11.3 Å². The molecule has 0 saturated heterocycles. The Hall–Kier alpha value is -3.70. The number of hydrogen-bond donors (Lipinski definition) is 2. The predicted molar refractivity (Wildman–Crippen MR) is 136 cm³/mol. The molecule has 0 unspecified atom stereocenters. The Morgan fingerprint density at radius 2 is 1.59 bits per heavy atom. The summed E-state index contributed by atoms with van der Waals surface area (Å²) in [4.78, 5) is 42.8. The summed E-state index contributed by atoms with van der Waals surface area (Å²) in [7, 11) is 1.53. The summed E-state index contributed by atoms with van der Waals surface area (Å²) in [6.07, 6.45) is 0. The quantitative estimate of drug-likeness (QED) is 0.311. The second-order valence-corrected chi connectivity index (χ2v) is 8.54. The van der Waals surface area contributed by atoms with E-state index in [4.69, 9.17) is 10.5 Å². The molecule has 4 aromatic rings. The van der Waals surface area contributed by atoms with Gasteiger partial charge in [0.15, 0.2) is 5.13 Å². The molecule has 0 aliphatic rings. The average molecular weight is 525 g/mol. The van der Waals surface area contributed by atoms with Gasteiger partial charge in [0.05, 0.1) is 18.8 Å². The van der Waals surface area contributed by atoms with Gasteiger partial charge in [0.25, 0.3) is 5.91 Å². The van der Waals surface area contributed by atoms with Gasteiger partial charge in [-0.05, 0) is 54.1 Å². The van der Waals surface area contributed by atoms with Gasteiger partial charge in [0.1, 0.15) is 12.3 Å². The molecule has 3 N–H and O–H groups in total. The van der Waals surface area contributed by atoms with Crippen molar-refractivity contribution in [2.24, 2.45) is 0 Å². The number of carbonyl (C=O) groups excluding carboxylic acids is 3. The van der Waals surface area contributed by atoms with Crippen molar-refractivity contribution in [1.29, 1.82) is 0 Å². The van der Waals surface area contributed by atoms with Crippen LogP contribution in [0.1, 0.15) is 20.7 Å². The van der Waals surface area contributed by atoms with Crippen molar-refractivity contribution in [3.05, 3.63) is 89.3 Å². The van der Waals surface area contributed by atoms with E-state index in [9.17, 15) is 19.5 Å². The van der Waals surface area contributed by atoms with Gasteiger partial charge in [0.2, 0.25) is 5.91 Å². The van der Waals surface area contributed by atoms with Crippen LogP contribution < -0.4 is 55.4 Å². The number of anilines is 3. The van der Waals surface area contributed by atoms with Crippen LogP contribution >= 0.6 is 11.3 Å². The third kappa shape index (κ3) is 6.95. The molecule has 0 bridgehead atoms. The van der Waals surface area contributed by atoms with Crippen molar-refractivity contribution in [1.82, 2.24) is 4.98 Å². The van der Waals surface area contributed by atoms with E-state index >= 15 is 0 Å². The molecule has 182 valence electrons. The first kappa shape index (κ1) is 27.9. The Kier molecular flexibility index (Phi) is 9.42. The number of hydrogen-bond acceptors (Lipinski definition) is 8. The SMILES string of the molecule is COc1ccc(N(CC(=O)Nc2ccc(-c3csc(N)n3)cc2)C(=O)c2ccc(C(=O)[O-])cc2)cc1.[Na+]. The minimum Gasteiger partial charge on any atom is -0.545 e. The molecular formula is C26H21N4NaO5S. The summed E-state index contributed by atoms with van der Waals surface area (Å²) in [5.41, 5.74) is 8.48. The first-order valence-electron chi connectivity index (χ1n) is 10.7. The number of carboxylic acids is 1. The van der Waals surface area contributed by atoms with Gasteiger partial charge in [-0.25, -0.2) is 4.98 Å². The molecule has 2 amide bonds. The Labute approximate surface area is 239 Å². The number of aromatic nitrogens is 1. The van der Waals surface area contributed by atoms with Crippen LogP contribution in [0.2, 0.25) is 0 Å².